The Morgan fingerprint density at radius 2 is 2.18 bits per heavy atom. The van der Waals surface area contributed by atoms with Crippen molar-refractivity contribution in [3.8, 4) is 0 Å². The Balaban J connectivity index is 1.85. The van der Waals surface area contributed by atoms with E-state index in [1.807, 2.05) is 0 Å². The van der Waals surface area contributed by atoms with Crippen LogP contribution in [0.3, 0.4) is 0 Å². The van der Waals surface area contributed by atoms with Crippen LogP contribution in [-0.4, -0.2) is 70.1 Å². The molecule has 0 spiro atoms. The molecule has 0 unspecified atom stereocenters. The first kappa shape index (κ1) is 24.2. The van der Waals surface area contributed by atoms with Crippen molar-refractivity contribution in [3.63, 3.8) is 0 Å². The number of aliphatic hydroxyl groups excluding tert-OH is 1. The van der Waals surface area contributed by atoms with Crippen molar-refractivity contribution in [2.24, 2.45) is 12.0 Å². The van der Waals surface area contributed by atoms with Crippen molar-refractivity contribution in [1.82, 2.24) is 19.8 Å². The summed E-state index contributed by atoms with van der Waals surface area (Å²) in [5.74, 6) is -3.60. The number of imidazole rings is 1. The minimum Gasteiger partial charge on any atom is -0.466 e. The number of rotatable bonds is 6. The van der Waals surface area contributed by atoms with Crippen LogP contribution >= 0.6 is 11.6 Å². The summed E-state index contributed by atoms with van der Waals surface area (Å²) in [6.45, 7) is -1.18. The van der Waals surface area contributed by atoms with Crippen LogP contribution in [-0.2, 0) is 16.6 Å². The maximum absolute atomic E-state index is 14.1. The van der Waals surface area contributed by atoms with Crippen molar-refractivity contribution < 1.29 is 27.8 Å². The van der Waals surface area contributed by atoms with E-state index in [0.717, 1.165) is 6.07 Å². The molecule has 0 radical (unpaired) electrons. The molecule has 1 fully saturated rings. The molecule has 0 amide bonds. The van der Waals surface area contributed by atoms with E-state index in [9.17, 15) is 23.1 Å². The lowest BCUT2D eigenvalue weighted by atomic mass is 9.95. The molecule has 2 aliphatic heterocycles. The van der Waals surface area contributed by atoms with Crippen LogP contribution < -0.4 is 5.32 Å². The summed E-state index contributed by atoms with van der Waals surface area (Å²) in [7, 11) is 2.93. The average Bonchev–Trinajstić information content (AvgIpc) is 3.34. The third-order valence-electron chi connectivity index (χ3n) is 5.88. The summed E-state index contributed by atoms with van der Waals surface area (Å²) in [6, 6.07) is 1.89. The monoisotopic (exact) mass is 497 g/mol. The number of hydrogen-bond donors (Lipinski definition) is 2. The van der Waals surface area contributed by atoms with Crippen molar-refractivity contribution in [1.29, 1.82) is 0 Å². The number of aliphatic imine (C=N–C) groups is 1. The minimum absolute atomic E-state index is 0.0385. The SMILES string of the molecule is COC(=O)C1=C(CN2CC(F)(F)C[C@H]2CO)NC(c2nccn2C)=N[C@H]1c1ccc(F)cc1Cl. The van der Waals surface area contributed by atoms with Gasteiger partial charge < -0.3 is 19.7 Å². The number of hydrogen-bond acceptors (Lipinski definition) is 7. The van der Waals surface area contributed by atoms with Gasteiger partial charge in [-0.1, -0.05) is 17.7 Å². The van der Waals surface area contributed by atoms with Gasteiger partial charge in [-0.05, 0) is 12.1 Å². The van der Waals surface area contributed by atoms with Gasteiger partial charge in [0.25, 0.3) is 5.92 Å². The molecule has 2 atom stereocenters. The Bertz CT molecular complexity index is 1170. The molecule has 34 heavy (non-hydrogen) atoms. The molecular formula is C22H23ClF3N5O3. The first-order valence-corrected chi connectivity index (χ1v) is 10.8. The van der Waals surface area contributed by atoms with E-state index in [2.05, 4.69) is 15.3 Å². The number of ether oxygens (including phenoxy) is 1. The number of methoxy groups -OCH3 is 1. The van der Waals surface area contributed by atoms with E-state index in [1.54, 1.807) is 24.0 Å². The van der Waals surface area contributed by atoms with Crippen LogP contribution in [0.1, 0.15) is 23.9 Å². The van der Waals surface area contributed by atoms with Gasteiger partial charge in [0.15, 0.2) is 11.7 Å². The molecule has 0 bridgehead atoms. The second-order valence-corrected chi connectivity index (χ2v) is 8.63. The Hall–Kier alpha value is -2.89. The van der Waals surface area contributed by atoms with Crippen LogP contribution in [0, 0.1) is 5.82 Å². The van der Waals surface area contributed by atoms with Crippen molar-refractivity contribution >= 4 is 23.4 Å². The number of aryl methyl sites for hydroxylation is 1. The number of carbonyl (C=O) groups is 1. The molecule has 4 rings (SSSR count). The highest BCUT2D eigenvalue weighted by molar-refractivity contribution is 6.31. The van der Waals surface area contributed by atoms with E-state index in [0.29, 0.717) is 11.4 Å². The number of carbonyl (C=O) groups excluding carboxylic acids is 1. The topological polar surface area (TPSA) is 92.0 Å². The van der Waals surface area contributed by atoms with Gasteiger partial charge in [0.05, 0.1) is 25.8 Å². The van der Waals surface area contributed by atoms with Gasteiger partial charge >= 0.3 is 5.97 Å². The number of benzene rings is 1. The van der Waals surface area contributed by atoms with Crippen molar-refractivity contribution in [2.45, 2.75) is 24.4 Å². The molecule has 2 N–H and O–H groups in total. The number of aliphatic hydroxyl groups is 1. The molecule has 0 aliphatic carbocycles. The van der Waals surface area contributed by atoms with Crippen LogP contribution in [0.25, 0.3) is 0 Å². The fraction of sp³-hybridized carbons (Fsp3) is 0.409. The fourth-order valence-corrected chi connectivity index (χ4v) is 4.53. The maximum atomic E-state index is 14.1. The molecule has 2 aliphatic rings. The van der Waals surface area contributed by atoms with E-state index < -0.39 is 49.4 Å². The lowest BCUT2D eigenvalue weighted by molar-refractivity contribution is -0.136. The number of amidine groups is 1. The van der Waals surface area contributed by atoms with Gasteiger partial charge in [-0.25, -0.2) is 22.9 Å². The number of likely N-dealkylation sites (tertiary alicyclic amines) is 1. The van der Waals surface area contributed by atoms with Gasteiger partial charge in [-0.3, -0.25) is 9.89 Å². The predicted octanol–water partition coefficient (Wildman–Crippen LogP) is 2.43. The highest BCUT2D eigenvalue weighted by Crippen LogP contribution is 2.38. The molecule has 1 aromatic heterocycles. The lowest BCUT2D eigenvalue weighted by Gasteiger charge is -2.31. The lowest BCUT2D eigenvalue weighted by Crippen LogP contribution is -2.42. The Morgan fingerprint density at radius 3 is 2.79 bits per heavy atom. The number of alkyl halides is 2. The summed E-state index contributed by atoms with van der Waals surface area (Å²) in [5, 5.41) is 12.7. The summed E-state index contributed by atoms with van der Waals surface area (Å²) in [5.41, 5.74) is 0.627. The summed E-state index contributed by atoms with van der Waals surface area (Å²) in [6.07, 6.45) is 2.75. The fourth-order valence-electron chi connectivity index (χ4n) is 4.26. The normalized spacial score (nSPS) is 22.5. The van der Waals surface area contributed by atoms with Crippen LogP contribution in [0.15, 0.2) is 46.9 Å². The summed E-state index contributed by atoms with van der Waals surface area (Å²) in [4.78, 5) is 23.2. The second-order valence-electron chi connectivity index (χ2n) is 8.22. The first-order valence-electron chi connectivity index (χ1n) is 10.4. The minimum atomic E-state index is -2.98. The van der Waals surface area contributed by atoms with Gasteiger partial charge in [0.1, 0.15) is 11.9 Å². The number of esters is 1. The molecule has 1 saturated heterocycles. The molecule has 0 saturated carbocycles. The highest BCUT2D eigenvalue weighted by Gasteiger charge is 2.45. The molecule has 1 aromatic carbocycles. The molecule has 12 heteroatoms. The summed E-state index contributed by atoms with van der Waals surface area (Å²) < 4.78 is 48.7. The zero-order chi connectivity index (χ0) is 24.6. The number of nitrogens with one attached hydrogen (secondary N) is 1. The van der Waals surface area contributed by atoms with Gasteiger partial charge in [-0.15, -0.1) is 0 Å². The maximum Gasteiger partial charge on any atom is 0.338 e. The molecular weight excluding hydrogens is 475 g/mol. The Morgan fingerprint density at radius 1 is 1.41 bits per heavy atom. The first-order chi connectivity index (χ1) is 16.1. The number of halogens is 4. The van der Waals surface area contributed by atoms with E-state index >= 15 is 0 Å². The largest absolute Gasteiger partial charge is 0.466 e. The second kappa shape index (κ2) is 9.40. The standard InChI is InChI=1S/C22H23ClF3N5O3/c1-30-6-5-27-20(30)19-28-16(9-31-11-22(25,26)8-13(31)10-32)17(21(33)34-2)18(29-19)14-4-3-12(24)7-15(14)23/h3-7,13,18,32H,8-11H2,1-2H3,(H,28,29)/t13-,18-/m0/s1. The van der Waals surface area contributed by atoms with Crippen LogP contribution in [0.4, 0.5) is 13.2 Å². The molecule has 8 nitrogen and oxygen atoms in total. The summed E-state index contributed by atoms with van der Waals surface area (Å²) >= 11 is 6.31. The van der Waals surface area contributed by atoms with E-state index in [-0.39, 0.29) is 28.7 Å². The van der Waals surface area contributed by atoms with Gasteiger partial charge in [0.2, 0.25) is 0 Å². The quantitative estimate of drug-likeness (QED) is 0.596. The third kappa shape index (κ3) is 4.68. The van der Waals surface area contributed by atoms with E-state index in [4.69, 9.17) is 16.3 Å². The smallest absolute Gasteiger partial charge is 0.338 e. The van der Waals surface area contributed by atoms with Gasteiger partial charge in [0, 0.05) is 54.7 Å². The van der Waals surface area contributed by atoms with Gasteiger partial charge in [-0.2, -0.15) is 0 Å². The highest BCUT2D eigenvalue weighted by atomic mass is 35.5. The molecule has 182 valence electrons. The number of nitrogens with zero attached hydrogens (tertiary/aromatic N) is 4. The Kier molecular flexibility index (Phi) is 6.70. The zero-order valence-corrected chi connectivity index (χ0v) is 19.2. The average molecular weight is 498 g/mol. The predicted molar refractivity (Wildman–Crippen MR) is 118 cm³/mol. The van der Waals surface area contributed by atoms with Crippen LogP contribution in [0.5, 0.6) is 0 Å². The number of aromatic nitrogens is 2. The Labute approximate surface area is 198 Å². The zero-order valence-electron chi connectivity index (χ0n) is 18.4. The van der Waals surface area contributed by atoms with E-state index in [1.165, 1.54) is 24.1 Å². The van der Waals surface area contributed by atoms with Crippen molar-refractivity contribution in [3.05, 3.63) is 64.1 Å². The van der Waals surface area contributed by atoms with Crippen LogP contribution in [0.2, 0.25) is 5.02 Å². The molecule has 2 aromatic rings. The van der Waals surface area contributed by atoms with Crippen molar-refractivity contribution in [2.75, 3.05) is 26.8 Å². The molecule has 3 heterocycles. The third-order valence-corrected chi connectivity index (χ3v) is 6.21.